The number of fused-ring (bicyclic) bond motifs is 1. The van der Waals surface area contributed by atoms with Gasteiger partial charge in [-0.1, -0.05) is 31.0 Å². The van der Waals surface area contributed by atoms with Crippen LogP contribution in [0.2, 0.25) is 5.28 Å². The van der Waals surface area contributed by atoms with E-state index in [9.17, 15) is 13.2 Å². The number of hydrogen-bond acceptors (Lipinski definition) is 7. The van der Waals surface area contributed by atoms with Crippen LogP contribution in [0.15, 0.2) is 53.7 Å². The molecule has 0 unspecified atom stereocenters. The maximum absolute atomic E-state index is 14.0. The Kier molecular flexibility index (Phi) is 7.95. The molecule has 1 aliphatic carbocycles. The van der Waals surface area contributed by atoms with Gasteiger partial charge in [-0.25, -0.2) is 32.1 Å². The van der Waals surface area contributed by atoms with E-state index in [2.05, 4.69) is 25.6 Å². The standard InChI is InChI=1S/C28H31ClN6O4S/c1-3-4-20-15-22-25(32-18-7-9-19(10-8-18)33-28(36)37)23(24-13-14-30-27(29)34-24)16-31-26(22)35(20)40(38,39)21-11-5-17(2)6-12-21/h5-6,11-16,18-19,33H,3-4,7-10H2,1-2H3,(H,31,32)(H,36,37)/t18-,19-. The number of rotatable bonds is 8. The van der Waals surface area contributed by atoms with Crippen LogP contribution in [0.1, 0.15) is 50.3 Å². The van der Waals surface area contributed by atoms with Gasteiger partial charge in [0.05, 0.1) is 16.3 Å². The van der Waals surface area contributed by atoms with Crippen molar-refractivity contribution in [3.63, 3.8) is 0 Å². The van der Waals surface area contributed by atoms with Crippen LogP contribution >= 0.6 is 11.6 Å². The number of aromatic nitrogens is 4. The van der Waals surface area contributed by atoms with E-state index in [0.29, 0.717) is 52.9 Å². The zero-order chi connectivity index (χ0) is 28.4. The molecule has 0 bridgehead atoms. The third kappa shape index (κ3) is 5.62. The van der Waals surface area contributed by atoms with Gasteiger partial charge in [0.25, 0.3) is 10.0 Å². The van der Waals surface area contributed by atoms with Crippen molar-refractivity contribution in [1.29, 1.82) is 0 Å². The largest absolute Gasteiger partial charge is 0.465 e. The van der Waals surface area contributed by atoms with Crippen LogP contribution in [0.4, 0.5) is 10.5 Å². The lowest BCUT2D eigenvalue weighted by atomic mass is 9.90. The number of anilines is 1. The molecule has 12 heteroatoms. The molecule has 210 valence electrons. The van der Waals surface area contributed by atoms with E-state index in [1.807, 2.05) is 19.9 Å². The molecular weight excluding hydrogens is 552 g/mol. The maximum Gasteiger partial charge on any atom is 0.404 e. The van der Waals surface area contributed by atoms with Crippen LogP contribution in [0.3, 0.4) is 0 Å². The van der Waals surface area contributed by atoms with Crippen LogP contribution in [0.5, 0.6) is 0 Å². The number of benzene rings is 1. The Hall–Kier alpha value is -3.70. The molecule has 1 saturated carbocycles. The minimum atomic E-state index is -3.93. The van der Waals surface area contributed by atoms with Gasteiger partial charge < -0.3 is 15.7 Å². The molecule has 40 heavy (non-hydrogen) atoms. The molecule has 0 atom stereocenters. The van der Waals surface area contributed by atoms with Crippen LogP contribution in [0, 0.1) is 6.92 Å². The Labute approximate surface area is 237 Å². The summed E-state index contributed by atoms with van der Waals surface area (Å²) in [5, 5.41) is 16.1. The zero-order valence-corrected chi connectivity index (χ0v) is 23.8. The molecule has 5 rings (SSSR count). The summed E-state index contributed by atoms with van der Waals surface area (Å²) in [6.07, 6.45) is 6.32. The molecule has 4 aromatic rings. The number of carboxylic acid groups (broad SMARTS) is 1. The van der Waals surface area contributed by atoms with Crippen molar-refractivity contribution in [2.24, 2.45) is 0 Å². The van der Waals surface area contributed by atoms with Crippen molar-refractivity contribution in [3.8, 4) is 11.3 Å². The first kappa shape index (κ1) is 27.9. The first-order chi connectivity index (χ1) is 19.2. The second-order valence-corrected chi connectivity index (χ2v) is 12.2. The van der Waals surface area contributed by atoms with Crippen LogP contribution < -0.4 is 10.6 Å². The number of amides is 1. The van der Waals surface area contributed by atoms with Gasteiger partial charge in [-0.2, -0.15) is 0 Å². The first-order valence-corrected chi connectivity index (χ1v) is 15.1. The summed E-state index contributed by atoms with van der Waals surface area (Å²) in [6, 6.07) is 10.4. The summed E-state index contributed by atoms with van der Waals surface area (Å²) in [4.78, 5) is 24.3. The normalized spacial score (nSPS) is 17.6. The summed E-state index contributed by atoms with van der Waals surface area (Å²) in [7, 11) is -3.93. The van der Waals surface area contributed by atoms with Crippen molar-refractivity contribution < 1.29 is 18.3 Å². The molecular formula is C28H31ClN6O4S. The highest BCUT2D eigenvalue weighted by Gasteiger charge is 2.28. The number of nitrogens with one attached hydrogen (secondary N) is 2. The lowest BCUT2D eigenvalue weighted by molar-refractivity contribution is 0.185. The Morgan fingerprint density at radius 3 is 2.45 bits per heavy atom. The third-order valence-corrected chi connectivity index (χ3v) is 9.17. The maximum atomic E-state index is 14.0. The molecule has 0 aliphatic heterocycles. The average Bonchev–Trinajstić information content (AvgIpc) is 3.29. The number of pyridine rings is 1. The smallest absolute Gasteiger partial charge is 0.404 e. The molecule has 10 nitrogen and oxygen atoms in total. The molecule has 1 amide bonds. The topological polar surface area (TPSA) is 139 Å². The first-order valence-electron chi connectivity index (χ1n) is 13.3. The number of carbonyl (C=O) groups is 1. The molecule has 0 spiro atoms. The van der Waals surface area contributed by atoms with Gasteiger partial charge in [0.15, 0.2) is 5.65 Å². The van der Waals surface area contributed by atoms with E-state index >= 15 is 0 Å². The van der Waals surface area contributed by atoms with E-state index in [0.717, 1.165) is 24.8 Å². The van der Waals surface area contributed by atoms with Gasteiger partial charge in [-0.05, 0) is 74.9 Å². The SMILES string of the molecule is CCCc1cc2c(N[C@H]3CC[C@H](NC(=O)O)CC3)c(-c3ccnc(Cl)n3)cnc2n1S(=O)(=O)c1ccc(C)cc1. The molecule has 0 saturated heterocycles. The minimum Gasteiger partial charge on any atom is -0.465 e. The monoisotopic (exact) mass is 582 g/mol. The van der Waals surface area contributed by atoms with Gasteiger partial charge in [0, 0.05) is 41.1 Å². The fraction of sp³-hybridized carbons (Fsp3) is 0.357. The molecule has 3 heterocycles. The van der Waals surface area contributed by atoms with Gasteiger partial charge >= 0.3 is 6.09 Å². The Morgan fingerprint density at radius 1 is 1.10 bits per heavy atom. The highest BCUT2D eigenvalue weighted by molar-refractivity contribution is 7.90. The third-order valence-electron chi connectivity index (χ3n) is 7.23. The predicted octanol–water partition coefficient (Wildman–Crippen LogP) is 5.64. The highest BCUT2D eigenvalue weighted by atomic mass is 35.5. The zero-order valence-electron chi connectivity index (χ0n) is 22.3. The molecule has 3 aromatic heterocycles. The van der Waals surface area contributed by atoms with Crippen molar-refractivity contribution >= 4 is 44.4 Å². The fourth-order valence-electron chi connectivity index (χ4n) is 5.29. The van der Waals surface area contributed by atoms with Gasteiger partial charge in [-0.15, -0.1) is 0 Å². The van der Waals surface area contributed by atoms with E-state index < -0.39 is 16.1 Å². The number of aryl methyl sites for hydroxylation is 2. The molecule has 0 radical (unpaired) electrons. The van der Waals surface area contributed by atoms with E-state index in [-0.39, 0.29) is 22.3 Å². The van der Waals surface area contributed by atoms with Gasteiger partial charge in [0.1, 0.15) is 0 Å². The predicted molar refractivity (Wildman–Crippen MR) is 154 cm³/mol. The summed E-state index contributed by atoms with van der Waals surface area (Å²) >= 11 is 6.12. The van der Waals surface area contributed by atoms with Gasteiger partial charge in [-0.3, -0.25) is 0 Å². The quantitative estimate of drug-likeness (QED) is 0.227. The summed E-state index contributed by atoms with van der Waals surface area (Å²) < 4.78 is 29.3. The molecule has 1 fully saturated rings. The average molecular weight is 583 g/mol. The number of hydrogen-bond donors (Lipinski definition) is 3. The van der Waals surface area contributed by atoms with Crippen LogP contribution in [0.25, 0.3) is 22.3 Å². The van der Waals surface area contributed by atoms with E-state index in [1.165, 1.54) is 3.97 Å². The second-order valence-electron chi connectivity index (χ2n) is 10.1. The molecule has 1 aliphatic rings. The summed E-state index contributed by atoms with van der Waals surface area (Å²) in [5.74, 6) is 0. The Balaban J connectivity index is 1.65. The van der Waals surface area contributed by atoms with Crippen molar-refractivity contribution in [2.75, 3.05) is 5.32 Å². The second kappa shape index (κ2) is 11.4. The van der Waals surface area contributed by atoms with Crippen molar-refractivity contribution in [3.05, 3.63) is 65.3 Å². The molecule has 3 N–H and O–H groups in total. The summed E-state index contributed by atoms with van der Waals surface area (Å²) in [5.41, 5.74) is 3.89. The lowest BCUT2D eigenvalue weighted by Gasteiger charge is -2.30. The Morgan fingerprint density at radius 2 is 1.80 bits per heavy atom. The van der Waals surface area contributed by atoms with Gasteiger partial charge in [0.2, 0.25) is 5.28 Å². The minimum absolute atomic E-state index is 0.0418. The fourth-order valence-corrected chi connectivity index (χ4v) is 6.95. The summed E-state index contributed by atoms with van der Waals surface area (Å²) in [6.45, 7) is 3.92. The van der Waals surface area contributed by atoms with E-state index in [1.54, 1.807) is 42.7 Å². The van der Waals surface area contributed by atoms with Crippen molar-refractivity contribution in [2.45, 2.75) is 69.4 Å². The van der Waals surface area contributed by atoms with Crippen LogP contribution in [-0.4, -0.2) is 50.6 Å². The Bertz CT molecular complexity index is 1650. The number of halogens is 1. The van der Waals surface area contributed by atoms with Crippen molar-refractivity contribution in [1.82, 2.24) is 24.2 Å². The highest BCUT2D eigenvalue weighted by Crippen LogP contribution is 2.38. The number of nitrogens with zero attached hydrogens (tertiary/aromatic N) is 4. The lowest BCUT2D eigenvalue weighted by Crippen LogP contribution is -2.39. The van der Waals surface area contributed by atoms with E-state index in [4.69, 9.17) is 16.7 Å². The molecule has 1 aromatic carbocycles. The van der Waals surface area contributed by atoms with Crippen LogP contribution in [-0.2, 0) is 16.4 Å².